The van der Waals surface area contributed by atoms with Crippen LogP contribution < -0.4 is 0 Å². The lowest BCUT2D eigenvalue weighted by Gasteiger charge is -2.21. The van der Waals surface area contributed by atoms with Crippen LogP contribution >= 0.6 is 0 Å². The number of amides is 1. The van der Waals surface area contributed by atoms with E-state index in [4.69, 9.17) is 9.26 Å². The first-order valence-electron chi connectivity index (χ1n) is 9.54. The molecule has 0 bridgehead atoms. The summed E-state index contributed by atoms with van der Waals surface area (Å²) in [5, 5.41) is 3.94. The Bertz CT molecular complexity index is 780. The topological polar surface area (TPSA) is 102 Å². The Hall–Kier alpha value is -2.81. The van der Waals surface area contributed by atoms with Gasteiger partial charge >= 0.3 is 5.97 Å². The van der Waals surface area contributed by atoms with Crippen molar-refractivity contribution in [2.24, 2.45) is 0 Å². The Morgan fingerprint density at radius 3 is 2.93 bits per heavy atom. The van der Waals surface area contributed by atoms with E-state index in [0.29, 0.717) is 50.8 Å². The summed E-state index contributed by atoms with van der Waals surface area (Å²) >= 11 is 0. The highest BCUT2D eigenvalue weighted by Crippen LogP contribution is 2.15. The lowest BCUT2D eigenvalue weighted by atomic mass is 10.2. The smallest absolute Gasteiger partial charge is 0.320 e. The summed E-state index contributed by atoms with van der Waals surface area (Å²) in [4.78, 5) is 36.4. The van der Waals surface area contributed by atoms with Crippen molar-refractivity contribution in [2.75, 3.05) is 39.3 Å². The van der Waals surface area contributed by atoms with Crippen molar-refractivity contribution in [1.29, 1.82) is 0 Å². The molecular weight excluding hydrogens is 362 g/mol. The standard InChI is InChI=1S/C19H25N5O4/c1-2-27-18(26)14-23-9-4-10-24(12-11-23)17(25)7-6-16-21-19(22-28-16)15-5-3-8-20-13-15/h3,5,8,13H,2,4,6-7,9-12,14H2,1H3. The van der Waals surface area contributed by atoms with E-state index < -0.39 is 0 Å². The third-order valence-electron chi connectivity index (χ3n) is 4.54. The fraction of sp³-hybridized carbons (Fsp3) is 0.526. The second kappa shape index (κ2) is 9.93. The molecule has 0 atom stereocenters. The molecule has 0 N–H and O–H groups in total. The van der Waals surface area contributed by atoms with Gasteiger partial charge in [0, 0.05) is 57.0 Å². The number of hydrogen-bond donors (Lipinski definition) is 0. The Morgan fingerprint density at radius 1 is 1.25 bits per heavy atom. The number of nitrogens with zero attached hydrogens (tertiary/aromatic N) is 5. The van der Waals surface area contributed by atoms with Gasteiger partial charge in [0.1, 0.15) is 0 Å². The Balaban J connectivity index is 1.46. The van der Waals surface area contributed by atoms with E-state index in [1.165, 1.54) is 0 Å². The zero-order valence-electron chi connectivity index (χ0n) is 16.0. The second-order valence-electron chi connectivity index (χ2n) is 6.57. The molecule has 2 aromatic rings. The largest absolute Gasteiger partial charge is 0.465 e. The summed E-state index contributed by atoms with van der Waals surface area (Å²) in [6.45, 7) is 5.18. The van der Waals surface area contributed by atoms with E-state index >= 15 is 0 Å². The summed E-state index contributed by atoms with van der Waals surface area (Å²) in [6, 6.07) is 3.66. The number of aryl methyl sites for hydroxylation is 1. The molecular formula is C19H25N5O4. The van der Waals surface area contributed by atoms with Gasteiger partial charge in [0.25, 0.3) is 0 Å². The molecule has 0 unspecified atom stereocenters. The van der Waals surface area contributed by atoms with Gasteiger partial charge in [-0.3, -0.25) is 19.5 Å². The summed E-state index contributed by atoms with van der Waals surface area (Å²) in [6.07, 6.45) is 4.88. The number of carbonyl (C=O) groups is 2. The molecule has 1 saturated heterocycles. The fourth-order valence-corrected chi connectivity index (χ4v) is 3.11. The number of rotatable bonds is 7. The quantitative estimate of drug-likeness (QED) is 0.652. The molecule has 0 saturated carbocycles. The number of esters is 1. The predicted molar refractivity (Wildman–Crippen MR) is 100 cm³/mol. The van der Waals surface area contributed by atoms with E-state index in [1.54, 1.807) is 25.4 Å². The maximum absolute atomic E-state index is 12.5. The number of carbonyl (C=O) groups excluding carboxylic acids is 2. The van der Waals surface area contributed by atoms with Crippen LogP contribution in [0.25, 0.3) is 11.4 Å². The van der Waals surface area contributed by atoms with Crippen molar-refractivity contribution < 1.29 is 18.8 Å². The van der Waals surface area contributed by atoms with Crippen LogP contribution in [0.3, 0.4) is 0 Å². The average molecular weight is 387 g/mol. The van der Waals surface area contributed by atoms with E-state index in [2.05, 4.69) is 15.1 Å². The molecule has 0 aromatic carbocycles. The maximum atomic E-state index is 12.5. The third-order valence-corrected chi connectivity index (χ3v) is 4.54. The molecule has 1 amide bonds. The van der Waals surface area contributed by atoms with Crippen molar-refractivity contribution in [1.82, 2.24) is 24.9 Å². The summed E-state index contributed by atoms with van der Waals surface area (Å²) in [5.41, 5.74) is 0.776. The second-order valence-corrected chi connectivity index (χ2v) is 6.57. The van der Waals surface area contributed by atoms with Gasteiger partial charge in [-0.15, -0.1) is 0 Å². The number of hydrogen-bond acceptors (Lipinski definition) is 8. The fourth-order valence-electron chi connectivity index (χ4n) is 3.11. The van der Waals surface area contributed by atoms with Crippen molar-refractivity contribution in [2.45, 2.75) is 26.2 Å². The number of pyridine rings is 1. The zero-order chi connectivity index (χ0) is 19.8. The molecule has 150 valence electrons. The highest BCUT2D eigenvalue weighted by Gasteiger charge is 2.21. The lowest BCUT2D eigenvalue weighted by molar-refractivity contribution is -0.144. The third kappa shape index (κ3) is 5.59. The first-order chi connectivity index (χ1) is 13.7. The van der Waals surface area contributed by atoms with Crippen LogP contribution in [-0.4, -0.2) is 76.1 Å². The van der Waals surface area contributed by atoms with Gasteiger partial charge in [-0.2, -0.15) is 4.98 Å². The van der Waals surface area contributed by atoms with Crippen LogP contribution in [-0.2, 0) is 20.7 Å². The van der Waals surface area contributed by atoms with E-state index in [1.807, 2.05) is 15.9 Å². The SMILES string of the molecule is CCOC(=O)CN1CCCN(C(=O)CCc2nc(-c3cccnc3)no2)CC1. The lowest BCUT2D eigenvalue weighted by Crippen LogP contribution is -2.37. The van der Waals surface area contributed by atoms with Crippen LogP contribution in [0.1, 0.15) is 25.7 Å². The molecule has 0 spiro atoms. The summed E-state index contributed by atoms with van der Waals surface area (Å²) < 4.78 is 10.2. The molecule has 1 fully saturated rings. The molecule has 9 heteroatoms. The molecule has 1 aliphatic heterocycles. The molecule has 0 radical (unpaired) electrons. The van der Waals surface area contributed by atoms with Gasteiger partial charge < -0.3 is 14.2 Å². The van der Waals surface area contributed by atoms with Crippen LogP contribution in [0.5, 0.6) is 0 Å². The highest BCUT2D eigenvalue weighted by atomic mass is 16.5. The van der Waals surface area contributed by atoms with Crippen LogP contribution in [0.2, 0.25) is 0 Å². The minimum Gasteiger partial charge on any atom is -0.465 e. The van der Waals surface area contributed by atoms with Crippen molar-refractivity contribution in [3.8, 4) is 11.4 Å². The number of ether oxygens (including phenoxy) is 1. The Labute approximate surface area is 163 Å². The van der Waals surface area contributed by atoms with Gasteiger partial charge in [0.05, 0.1) is 13.2 Å². The first-order valence-corrected chi connectivity index (χ1v) is 9.54. The maximum Gasteiger partial charge on any atom is 0.320 e. The molecule has 3 rings (SSSR count). The monoisotopic (exact) mass is 387 g/mol. The van der Waals surface area contributed by atoms with Gasteiger partial charge in [0.15, 0.2) is 0 Å². The molecule has 28 heavy (non-hydrogen) atoms. The van der Waals surface area contributed by atoms with Gasteiger partial charge in [-0.05, 0) is 25.5 Å². The van der Waals surface area contributed by atoms with E-state index in [9.17, 15) is 9.59 Å². The van der Waals surface area contributed by atoms with Crippen molar-refractivity contribution >= 4 is 11.9 Å². The van der Waals surface area contributed by atoms with Gasteiger partial charge in [-0.25, -0.2) is 0 Å². The van der Waals surface area contributed by atoms with Crippen molar-refractivity contribution in [3.63, 3.8) is 0 Å². The van der Waals surface area contributed by atoms with Crippen LogP contribution in [0, 0.1) is 0 Å². The summed E-state index contributed by atoms with van der Waals surface area (Å²) in [7, 11) is 0. The molecule has 1 aliphatic rings. The average Bonchev–Trinajstić information content (AvgIpc) is 3.06. The van der Waals surface area contributed by atoms with E-state index in [-0.39, 0.29) is 18.4 Å². The normalized spacial score (nSPS) is 15.2. The molecule has 3 heterocycles. The Kier molecular flexibility index (Phi) is 7.07. The predicted octanol–water partition coefficient (Wildman–Crippen LogP) is 1.16. The Morgan fingerprint density at radius 2 is 2.14 bits per heavy atom. The molecule has 9 nitrogen and oxygen atoms in total. The zero-order valence-corrected chi connectivity index (χ0v) is 16.0. The van der Waals surface area contributed by atoms with Crippen LogP contribution in [0.4, 0.5) is 0 Å². The van der Waals surface area contributed by atoms with Gasteiger partial charge in [0.2, 0.25) is 17.6 Å². The summed E-state index contributed by atoms with van der Waals surface area (Å²) in [5.74, 6) is 0.744. The van der Waals surface area contributed by atoms with Crippen LogP contribution in [0.15, 0.2) is 29.0 Å². The van der Waals surface area contributed by atoms with Crippen molar-refractivity contribution in [3.05, 3.63) is 30.4 Å². The van der Waals surface area contributed by atoms with E-state index in [0.717, 1.165) is 18.5 Å². The molecule has 2 aromatic heterocycles. The minimum atomic E-state index is -0.219. The first kappa shape index (κ1) is 19.9. The molecule has 0 aliphatic carbocycles. The van der Waals surface area contributed by atoms with Gasteiger partial charge in [-0.1, -0.05) is 5.16 Å². The highest BCUT2D eigenvalue weighted by molar-refractivity contribution is 5.76. The minimum absolute atomic E-state index is 0.0547. The number of aromatic nitrogens is 3.